The third kappa shape index (κ3) is 2.42. The Morgan fingerprint density at radius 3 is 3.16 bits per heavy atom. The molecular weight excluding hydrogens is 244 g/mol. The first-order chi connectivity index (χ1) is 9.24. The maximum absolute atomic E-state index is 11.0. The van der Waals surface area contributed by atoms with Gasteiger partial charge in [-0.1, -0.05) is 0 Å². The van der Waals surface area contributed by atoms with Crippen LogP contribution in [0.15, 0.2) is 33.5 Å². The minimum atomic E-state index is -0.468. The highest BCUT2D eigenvalue weighted by Gasteiger charge is 2.22. The van der Waals surface area contributed by atoms with E-state index in [0.717, 1.165) is 25.0 Å². The molecular formula is C14H16N2O3. The fraction of sp³-hybridized carbons (Fsp3) is 0.357. The molecule has 1 atom stereocenters. The molecule has 1 aliphatic rings. The van der Waals surface area contributed by atoms with Gasteiger partial charge in [-0.25, -0.2) is 0 Å². The molecule has 100 valence electrons. The van der Waals surface area contributed by atoms with Crippen molar-refractivity contribution in [3.8, 4) is 0 Å². The van der Waals surface area contributed by atoms with Crippen LogP contribution in [0.3, 0.4) is 0 Å². The van der Waals surface area contributed by atoms with Gasteiger partial charge in [-0.2, -0.15) is 0 Å². The molecule has 0 saturated carbocycles. The van der Waals surface area contributed by atoms with Crippen LogP contribution in [-0.4, -0.2) is 5.91 Å². The molecule has 0 saturated heterocycles. The van der Waals surface area contributed by atoms with Gasteiger partial charge in [-0.15, -0.1) is 0 Å². The number of aryl methyl sites for hydroxylation is 1. The number of nitrogens with two attached hydrogens (primary N) is 1. The van der Waals surface area contributed by atoms with Crippen LogP contribution in [0.1, 0.15) is 46.3 Å². The molecule has 2 aromatic heterocycles. The van der Waals surface area contributed by atoms with Crippen molar-refractivity contribution in [2.75, 3.05) is 0 Å². The van der Waals surface area contributed by atoms with Crippen molar-refractivity contribution in [2.24, 2.45) is 5.73 Å². The highest BCUT2D eigenvalue weighted by atomic mass is 16.3. The second kappa shape index (κ2) is 4.93. The van der Waals surface area contributed by atoms with Crippen molar-refractivity contribution in [3.63, 3.8) is 0 Å². The normalized spacial score (nSPS) is 18.2. The molecule has 3 rings (SSSR count). The van der Waals surface area contributed by atoms with E-state index < -0.39 is 5.91 Å². The minimum Gasteiger partial charge on any atom is -0.469 e. The predicted molar refractivity (Wildman–Crippen MR) is 68.5 cm³/mol. The van der Waals surface area contributed by atoms with Crippen molar-refractivity contribution < 1.29 is 13.6 Å². The number of hydrogen-bond donors (Lipinski definition) is 2. The summed E-state index contributed by atoms with van der Waals surface area (Å²) in [5.74, 6) is 1.32. The first kappa shape index (κ1) is 12.0. The Morgan fingerprint density at radius 2 is 2.37 bits per heavy atom. The summed E-state index contributed by atoms with van der Waals surface area (Å²) in [6.07, 6.45) is 6.33. The standard InChI is InChI=1S/C14H16N2O3/c15-14(17)9-6-10(19-8-9)7-16-12-2-1-3-13-11(12)4-5-18-13/h4-6,8,12,16H,1-3,7H2,(H2,15,17). The van der Waals surface area contributed by atoms with E-state index in [1.54, 1.807) is 12.3 Å². The predicted octanol–water partition coefficient (Wildman–Crippen LogP) is 2.14. The maximum Gasteiger partial charge on any atom is 0.251 e. The zero-order valence-electron chi connectivity index (χ0n) is 10.5. The van der Waals surface area contributed by atoms with Crippen molar-refractivity contribution >= 4 is 5.91 Å². The van der Waals surface area contributed by atoms with E-state index in [1.165, 1.54) is 11.8 Å². The van der Waals surface area contributed by atoms with Gasteiger partial charge in [0, 0.05) is 18.0 Å². The van der Waals surface area contributed by atoms with Gasteiger partial charge in [-0.3, -0.25) is 4.79 Å². The zero-order chi connectivity index (χ0) is 13.2. The monoisotopic (exact) mass is 260 g/mol. The Kier molecular flexibility index (Phi) is 3.13. The number of furan rings is 2. The molecule has 0 spiro atoms. The summed E-state index contributed by atoms with van der Waals surface area (Å²) in [6.45, 7) is 0.572. The summed E-state index contributed by atoms with van der Waals surface area (Å²) < 4.78 is 10.7. The highest BCUT2D eigenvalue weighted by molar-refractivity contribution is 5.92. The second-order valence-corrected chi connectivity index (χ2v) is 4.79. The molecule has 3 N–H and O–H groups in total. The van der Waals surface area contributed by atoms with Crippen LogP contribution in [0.25, 0.3) is 0 Å². The quantitative estimate of drug-likeness (QED) is 0.882. The van der Waals surface area contributed by atoms with Crippen LogP contribution in [0, 0.1) is 0 Å². The molecule has 19 heavy (non-hydrogen) atoms. The van der Waals surface area contributed by atoms with Gasteiger partial charge in [0.15, 0.2) is 0 Å². The lowest BCUT2D eigenvalue weighted by Crippen LogP contribution is -2.23. The lowest BCUT2D eigenvalue weighted by atomic mass is 9.93. The molecule has 0 radical (unpaired) electrons. The first-order valence-corrected chi connectivity index (χ1v) is 6.41. The molecule has 0 bridgehead atoms. The Labute approximate surface area is 110 Å². The van der Waals surface area contributed by atoms with Crippen LogP contribution < -0.4 is 11.1 Å². The van der Waals surface area contributed by atoms with Gasteiger partial charge in [-0.05, 0) is 25.0 Å². The Morgan fingerprint density at radius 1 is 1.47 bits per heavy atom. The molecule has 1 amide bonds. The smallest absolute Gasteiger partial charge is 0.251 e. The molecule has 5 heteroatoms. The van der Waals surface area contributed by atoms with Gasteiger partial charge < -0.3 is 19.9 Å². The minimum absolute atomic E-state index is 0.282. The lowest BCUT2D eigenvalue weighted by Gasteiger charge is -2.22. The van der Waals surface area contributed by atoms with E-state index in [2.05, 4.69) is 5.32 Å². The van der Waals surface area contributed by atoms with Crippen molar-refractivity contribution in [1.82, 2.24) is 5.32 Å². The van der Waals surface area contributed by atoms with E-state index in [4.69, 9.17) is 14.6 Å². The average molecular weight is 260 g/mol. The van der Waals surface area contributed by atoms with Crippen LogP contribution >= 0.6 is 0 Å². The van der Waals surface area contributed by atoms with Crippen LogP contribution in [0.2, 0.25) is 0 Å². The molecule has 2 aromatic rings. The number of carbonyl (C=O) groups excluding carboxylic acids is 1. The van der Waals surface area contributed by atoms with E-state index >= 15 is 0 Å². The van der Waals surface area contributed by atoms with Gasteiger partial charge in [0.05, 0.1) is 18.4 Å². The second-order valence-electron chi connectivity index (χ2n) is 4.79. The first-order valence-electron chi connectivity index (χ1n) is 6.41. The van der Waals surface area contributed by atoms with Gasteiger partial charge in [0.1, 0.15) is 17.8 Å². The number of carbonyl (C=O) groups is 1. The fourth-order valence-corrected chi connectivity index (χ4v) is 2.52. The number of nitrogens with one attached hydrogen (secondary N) is 1. The van der Waals surface area contributed by atoms with Crippen molar-refractivity contribution in [3.05, 3.63) is 47.3 Å². The van der Waals surface area contributed by atoms with Crippen molar-refractivity contribution in [2.45, 2.75) is 31.8 Å². The Bertz CT molecular complexity index is 585. The summed E-state index contributed by atoms with van der Waals surface area (Å²) in [6, 6.07) is 3.97. The largest absolute Gasteiger partial charge is 0.469 e. The van der Waals surface area contributed by atoms with Crippen LogP contribution in [-0.2, 0) is 13.0 Å². The third-order valence-electron chi connectivity index (χ3n) is 3.51. The van der Waals surface area contributed by atoms with E-state index in [9.17, 15) is 4.79 Å². The van der Waals surface area contributed by atoms with E-state index in [0.29, 0.717) is 17.9 Å². The summed E-state index contributed by atoms with van der Waals surface area (Å²) >= 11 is 0. The molecule has 1 aliphatic carbocycles. The molecule has 0 aromatic carbocycles. The van der Waals surface area contributed by atoms with Crippen LogP contribution in [0.4, 0.5) is 0 Å². The van der Waals surface area contributed by atoms with Crippen LogP contribution in [0.5, 0.6) is 0 Å². The van der Waals surface area contributed by atoms with Crippen molar-refractivity contribution in [1.29, 1.82) is 0 Å². The number of primary amides is 1. The summed E-state index contributed by atoms with van der Waals surface area (Å²) in [7, 11) is 0. The lowest BCUT2D eigenvalue weighted by molar-refractivity contribution is 0.0999. The summed E-state index contributed by atoms with van der Waals surface area (Å²) in [5, 5.41) is 3.43. The molecule has 0 aliphatic heterocycles. The SMILES string of the molecule is NC(=O)c1coc(CNC2CCCc3occc32)c1. The number of fused-ring (bicyclic) bond motifs is 1. The van der Waals surface area contributed by atoms with Gasteiger partial charge in [0.2, 0.25) is 0 Å². The average Bonchev–Trinajstić information content (AvgIpc) is 3.05. The fourth-order valence-electron chi connectivity index (χ4n) is 2.52. The molecule has 1 unspecified atom stereocenters. The van der Waals surface area contributed by atoms with E-state index in [1.807, 2.05) is 6.07 Å². The van der Waals surface area contributed by atoms with Gasteiger partial charge in [0.25, 0.3) is 5.91 Å². The highest BCUT2D eigenvalue weighted by Crippen LogP contribution is 2.30. The molecule has 0 fully saturated rings. The number of amides is 1. The third-order valence-corrected chi connectivity index (χ3v) is 3.51. The summed E-state index contributed by atoms with van der Waals surface area (Å²) in [4.78, 5) is 11.0. The number of hydrogen-bond acceptors (Lipinski definition) is 4. The topological polar surface area (TPSA) is 81.4 Å². The Balaban J connectivity index is 1.65. The van der Waals surface area contributed by atoms with E-state index in [-0.39, 0.29) is 6.04 Å². The zero-order valence-corrected chi connectivity index (χ0v) is 10.5. The molecule has 2 heterocycles. The molecule has 5 nitrogen and oxygen atoms in total. The Hall–Kier alpha value is -2.01. The van der Waals surface area contributed by atoms with Gasteiger partial charge >= 0.3 is 0 Å². The summed E-state index contributed by atoms with van der Waals surface area (Å²) in [5.41, 5.74) is 6.82. The maximum atomic E-state index is 11.0. The number of rotatable bonds is 4.